The summed E-state index contributed by atoms with van der Waals surface area (Å²) in [6.07, 6.45) is 8.41. The molecule has 2 aromatic carbocycles. The lowest BCUT2D eigenvalue weighted by Gasteiger charge is -2.57. The van der Waals surface area contributed by atoms with Gasteiger partial charge in [0.15, 0.2) is 11.5 Å². The average Bonchev–Trinajstić information content (AvgIpc) is 2.71. The normalized spacial score (nSPS) is 29.2. The second kappa shape index (κ2) is 8.16. The van der Waals surface area contributed by atoms with E-state index in [4.69, 9.17) is 9.47 Å². The molecule has 4 bridgehead atoms. The predicted molar refractivity (Wildman–Crippen MR) is 119 cm³/mol. The molecule has 0 heterocycles. The first-order valence-corrected chi connectivity index (χ1v) is 11.8. The molecule has 0 radical (unpaired) electrons. The van der Waals surface area contributed by atoms with Crippen LogP contribution in [-0.2, 0) is 13.2 Å². The maximum atomic E-state index is 13.1. The van der Waals surface area contributed by atoms with Crippen LogP contribution in [0.1, 0.15) is 49.7 Å². The van der Waals surface area contributed by atoms with E-state index in [0.29, 0.717) is 23.6 Å². The van der Waals surface area contributed by atoms with E-state index in [1.54, 1.807) is 19.2 Å². The van der Waals surface area contributed by atoms with Gasteiger partial charge in [0.25, 0.3) is 0 Å². The lowest BCUT2D eigenvalue weighted by atomic mass is 9.53. The molecule has 0 amide bonds. The van der Waals surface area contributed by atoms with Crippen LogP contribution in [-0.4, -0.2) is 12.6 Å². The van der Waals surface area contributed by atoms with Gasteiger partial charge in [-0.15, -0.1) is 0 Å². The molecule has 4 aliphatic rings. The van der Waals surface area contributed by atoms with Crippen molar-refractivity contribution >= 4 is 15.9 Å². The van der Waals surface area contributed by atoms with Gasteiger partial charge in [0.2, 0.25) is 0 Å². The van der Waals surface area contributed by atoms with Crippen LogP contribution >= 0.6 is 15.9 Å². The summed E-state index contributed by atoms with van der Waals surface area (Å²) in [6, 6.07) is 10.6. The number of hydrogen-bond acceptors (Lipinski definition) is 3. The third kappa shape index (κ3) is 4.11. The smallest absolute Gasteiger partial charge is 0.175 e. The Morgan fingerprint density at radius 3 is 2.23 bits per heavy atom. The summed E-state index contributed by atoms with van der Waals surface area (Å²) >= 11 is 3.67. The van der Waals surface area contributed by atoms with Crippen LogP contribution in [0.3, 0.4) is 0 Å². The lowest BCUT2D eigenvalue weighted by molar-refractivity contribution is -0.0206. The molecule has 4 fully saturated rings. The Morgan fingerprint density at radius 2 is 1.63 bits per heavy atom. The molecule has 4 aliphatic carbocycles. The largest absolute Gasteiger partial charge is 0.493 e. The Bertz CT molecular complexity index is 879. The molecule has 0 unspecified atom stereocenters. The van der Waals surface area contributed by atoms with Crippen molar-refractivity contribution in [1.82, 2.24) is 5.32 Å². The molecular formula is C25H29BrFNO2. The Hall–Kier alpha value is -1.59. The van der Waals surface area contributed by atoms with Crippen LogP contribution in [0.25, 0.3) is 0 Å². The van der Waals surface area contributed by atoms with Gasteiger partial charge in [0.1, 0.15) is 12.4 Å². The summed E-state index contributed by atoms with van der Waals surface area (Å²) in [6.45, 7) is 1.21. The number of rotatable bonds is 7. The summed E-state index contributed by atoms with van der Waals surface area (Å²) in [7, 11) is 1.67. The molecule has 5 heteroatoms. The first-order chi connectivity index (χ1) is 14.5. The van der Waals surface area contributed by atoms with Crippen molar-refractivity contribution in [2.75, 3.05) is 7.11 Å². The van der Waals surface area contributed by atoms with Crippen molar-refractivity contribution in [3.63, 3.8) is 0 Å². The van der Waals surface area contributed by atoms with E-state index in [1.165, 1.54) is 56.2 Å². The minimum absolute atomic E-state index is 0.242. The third-order valence-electron chi connectivity index (χ3n) is 7.29. The van der Waals surface area contributed by atoms with Gasteiger partial charge in [0, 0.05) is 12.1 Å². The second-order valence-electron chi connectivity index (χ2n) is 9.58. The van der Waals surface area contributed by atoms with Gasteiger partial charge < -0.3 is 14.8 Å². The maximum absolute atomic E-state index is 13.1. The highest BCUT2D eigenvalue weighted by molar-refractivity contribution is 9.10. The van der Waals surface area contributed by atoms with Crippen LogP contribution < -0.4 is 14.8 Å². The molecule has 2 aromatic rings. The van der Waals surface area contributed by atoms with Crippen LogP contribution in [0.4, 0.5) is 4.39 Å². The van der Waals surface area contributed by atoms with E-state index in [0.717, 1.165) is 34.3 Å². The third-order valence-corrected chi connectivity index (χ3v) is 7.88. The predicted octanol–water partition coefficient (Wildman–Crippen LogP) is 6.23. The van der Waals surface area contributed by atoms with E-state index < -0.39 is 0 Å². The molecule has 6 rings (SSSR count). The zero-order valence-corrected chi connectivity index (χ0v) is 19.0. The number of nitrogens with one attached hydrogen (secondary N) is 1. The first kappa shape index (κ1) is 20.3. The van der Waals surface area contributed by atoms with Gasteiger partial charge in [0.05, 0.1) is 11.6 Å². The van der Waals surface area contributed by atoms with Crippen LogP contribution in [0.2, 0.25) is 0 Å². The monoisotopic (exact) mass is 473 g/mol. The standard InChI is InChI=1S/C25H29BrFNO2/c1-29-23-10-20(9-22(26)24(23)30-15-16-2-4-21(27)5-3-16)14-28-25-11-17-6-18(12-25)8-19(7-17)13-25/h2-5,9-10,17-19,28H,6-8,11-15H2,1H3. The van der Waals surface area contributed by atoms with Crippen molar-refractivity contribution in [3.05, 3.63) is 57.8 Å². The molecule has 0 aromatic heterocycles. The number of methoxy groups -OCH3 is 1. The van der Waals surface area contributed by atoms with E-state index in [-0.39, 0.29) is 5.82 Å². The Kier molecular flexibility index (Phi) is 5.53. The van der Waals surface area contributed by atoms with E-state index in [2.05, 4.69) is 33.4 Å². The quantitative estimate of drug-likeness (QED) is 0.516. The van der Waals surface area contributed by atoms with Gasteiger partial charge in [-0.25, -0.2) is 4.39 Å². The minimum atomic E-state index is -0.242. The van der Waals surface area contributed by atoms with Crippen molar-refractivity contribution < 1.29 is 13.9 Å². The molecule has 0 saturated heterocycles. The Labute approximate surface area is 186 Å². The van der Waals surface area contributed by atoms with Crippen molar-refractivity contribution in [3.8, 4) is 11.5 Å². The van der Waals surface area contributed by atoms with Crippen molar-refractivity contribution in [2.24, 2.45) is 17.8 Å². The van der Waals surface area contributed by atoms with Gasteiger partial charge in [-0.1, -0.05) is 12.1 Å². The van der Waals surface area contributed by atoms with Crippen LogP contribution in [0, 0.1) is 23.6 Å². The fourth-order valence-electron chi connectivity index (χ4n) is 6.37. The molecule has 30 heavy (non-hydrogen) atoms. The molecular weight excluding hydrogens is 445 g/mol. The van der Waals surface area contributed by atoms with Gasteiger partial charge in [-0.3, -0.25) is 0 Å². The topological polar surface area (TPSA) is 30.5 Å². The summed E-state index contributed by atoms with van der Waals surface area (Å²) in [4.78, 5) is 0. The van der Waals surface area contributed by atoms with Gasteiger partial charge in [-0.2, -0.15) is 0 Å². The Morgan fingerprint density at radius 1 is 1.00 bits per heavy atom. The van der Waals surface area contributed by atoms with E-state index in [9.17, 15) is 4.39 Å². The minimum Gasteiger partial charge on any atom is -0.493 e. The molecule has 1 N–H and O–H groups in total. The SMILES string of the molecule is COc1cc(CNC23CC4CC(CC(C4)C2)C3)cc(Br)c1OCc1ccc(F)cc1. The zero-order chi connectivity index (χ0) is 20.7. The van der Waals surface area contributed by atoms with E-state index >= 15 is 0 Å². The second-order valence-corrected chi connectivity index (χ2v) is 10.4. The van der Waals surface area contributed by atoms with Crippen molar-refractivity contribution in [2.45, 2.75) is 57.2 Å². The molecule has 3 nitrogen and oxygen atoms in total. The number of benzene rings is 2. The van der Waals surface area contributed by atoms with Crippen LogP contribution in [0.15, 0.2) is 40.9 Å². The molecule has 0 aliphatic heterocycles. The number of ether oxygens (including phenoxy) is 2. The van der Waals surface area contributed by atoms with Gasteiger partial charge >= 0.3 is 0 Å². The molecule has 0 spiro atoms. The summed E-state index contributed by atoms with van der Waals surface area (Å²) in [5, 5.41) is 3.95. The fourth-order valence-corrected chi connectivity index (χ4v) is 6.97. The maximum Gasteiger partial charge on any atom is 0.175 e. The highest BCUT2D eigenvalue weighted by atomic mass is 79.9. The molecule has 4 saturated carbocycles. The van der Waals surface area contributed by atoms with Gasteiger partial charge in [-0.05, 0) is 108 Å². The highest BCUT2D eigenvalue weighted by Gasteiger charge is 2.50. The lowest BCUT2D eigenvalue weighted by Crippen LogP contribution is -2.58. The Balaban J connectivity index is 1.27. The summed E-state index contributed by atoms with van der Waals surface area (Å²) in [5.74, 6) is 3.97. The number of hydrogen-bond donors (Lipinski definition) is 1. The number of halogens is 2. The molecule has 0 atom stereocenters. The first-order valence-electron chi connectivity index (χ1n) is 11.0. The van der Waals surface area contributed by atoms with Crippen molar-refractivity contribution in [1.29, 1.82) is 0 Å². The summed E-state index contributed by atoms with van der Waals surface area (Å²) in [5.41, 5.74) is 2.45. The average molecular weight is 474 g/mol. The summed E-state index contributed by atoms with van der Waals surface area (Å²) < 4.78 is 25.6. The highest BCUT2D eigenvalue weighted by Crippen LogP contribution is 2.55. The fraction of sp³-hybridized carbons (Fsp3) is 0.520. The molecule has 160 valence electrons. The van der Waals surface area contributed by atoms with Crippen LogP contribution in [0.5, 0.6) is 11.5 Å². The van der Waals surface area contributed by atoms with E-state index in [1.807, 2.05) is 0 Å². The zero-order valence-electron chi connectivity index (χ0n) is 17.4.